The zero-order valence-electron chi connectivity index (χ0n) is 9.68. The van der Waals surface area contributed by atoms with Crippen LogP contribution in [0, 0.1) is 5.82 Å². The average molecular weight is 264 g/mol. The summed E-state index contributed by atoms with van der Waals surface area (Å²) in [5.74, 6) is -2.14. The van der Waals surface area contributed by atoms with Gasteiger partial charge in [0.15, 0.2) is 0 Å². The van der Waals surface area contributed by atoms with Gasteiger partial charge in [-0.15, -0.1) is 0 Å². The lowest BCUT2D eigenvalue weighted by molar-refractivity contribution is -0.138. The Labute approximate surface area is 102 Å². The van der Waals surface area contributed by atoms with Crippen molar-refractivity contribution in [3.05, 3.63) is 35.1 Å². The molecule has 0 heterocycles. The number of halogens is 4. The highest BCUT2D eigenvalue weighted by atomic mass is 19.4. The van der Waals surface area contributed by atoms with E-state index in [4.69, 9.17) is 0 Å². The highest BCUT2D eigenvalue weighted by molar-refractivity contribution is 5.91. The first kappa shape index (κ1) is 14.5. The maximum Gasteiger partial charge on any atom is 0.417 e. The van der Waals surface area contributed by atoms with Crippen LogP contribution >= 0.6 is 0 Å². The quantitative estimate of drug-likeness (QED) is 0.469. The summed E-state index contributed by atoms with van der Waals surface area (Å²) in [6.07, 6.45) is -3.47. The molecule has 0 aliphatic rings. The van der Waals surface area contributed by atoms with Gasteiger partial charge in [0.25, 0.3) is 0 Å². The number of hydrogen-bond donors (Lipinski definition) is 0. The molecule has 6 heteroatoms. The number of ether oxygens (including phenoxy) is 1. The van der Waals surface area contributed by atoms with Crippen LogP contribution in [0.5, 0.6) is 0 Å². The Morgan fingerprint density at radius 2 is 2.00 bits per heavy atom. The zero-order chi connectivity index (χ0) is 13.8. The van der Waals surface area contributed by atoms with E-state index in [2.05, 4.69) is 4.74 Å². The zero-order valence-corrected chi connectivity index (χ0v) is 9.68. The van der Waals surface area contributed by atoms with Gasteiger partial charge in [-0.05, 0) is 24.6 Å². The van der Waals surface area contributed by atoms with Crippen molar-refractivity contribution in [2.45, 2.75) is 25.9 Å². The highest BCUT2D eigenvalue weighted by Crippen LogP contribution is 2.32. The van der Waals surface area contributed by atoms with Crippen LogP contribution in [0.1, 0.15) is 35.7 Å². The monoisotopic (exact) mass is 264 g/mol. The third kappa shape index (κ3) is 3.72. The van der Waals surface area contributed by atoms with E-state index in [1.165, 1.54) is 0 Å². The lowest BCUT2D eigenvalue weighted by atomic mass is 10.1. The molecule has 18 heavy (non-hydrogen) atoms. The van der Waals surface area contributed by atoms with Gasteiger partial charge in [-0.25, -0.2) is 9.18 Å². The Morgan fingerprint density at radius 3 is 2.56 bits per heavy atom. The fraction of sp³-hybridized carbons (Fsp3) is 0.417. The summed E-state index contributed by atoms with van der Waals surface area (Å²) in [5.41, 5.74) is -1.98. The molecule has 1 rings (SSSR count). The molecule has 0 aliphatic heterocycles. The number of esters is 1. The fourth-order valence-corrected chi connectivity index (χ4v) is 1.32. The normalized spacial score (nSPS) is 11.4. The average Bonchev–Trinajstić information content (AvgIpc) is 2.28. The molecule has 1 aromatic carbocycles. The van der Waals surface area contributed by atoms with Gasteiger partial charge in [0.1, 0.15) is 5.82 Å². The number of hydrogen-bond acceptors (Lipinski definition) is 2. The first-order valence-electron chi connectivity index (χ1n) is 5.40. The molecular formula is C12H12F4O2. The maximum absolute atomic E-state index is 12.8. The second kappa shape index (κ2) is 5.84. The third-order valence-corrected chi connectivity index (χ3v) is 2.24. The summed E-state index contributed by atoms with van der Waals surface area (Å²) < 4.78 is 55.3. The largest absolute Gasteiger partial charge is 0.462 e. The van der Waals surface area contributed by atoms with Crippen LogP contribution in [0.2, 0.25) is 0 Å². The van der Waals surface area contributed by atoms with Crippen molar-refractivity contribution in [1.29, 1.82) is 0 Å². The number of alkyl halides is 3. The molecule has 1 aromatic rings. The van der Waals surface area contributed by atoms with Crippen LogP contribution in [0.25, 0.3) is 0 Å². The van der Waals surface area contributed by atoms with E-state index in [0.29, 0.717) is 6.42 Å². The predicted molar refractivity (Wildman–Crippen MR) is 56.6 cm³/mol. The lowest BCUT2D eigenvalue weighted by Gasteiger charge is -2.12. The Bertz CT molecular complexity index is 427. The number of rotatable bonds is 4. The summed E-state index contributed by atoms with van der Waals surface area (Å²) in [6.45, 7) is 1.90. The summed E-state index contributed by atoms with van der Waals surface area (Å²) >= 11 is 0. The standard InChI is InChI=1S/C12H12F4O2/c1-2-3-6-18-11(17)9-5-4-8(13)7-10(9)12(14,15)16/h4-5,7H,2-3,6H2,1H3. The van der Waals surface area contributed by atoms with Crippen LogP contribution in [0.4, 0.5) is 17.6 Å². The second-order valence-corrected chi connectivity index (χ2v) is 3.68. The summed E-state index contributed by atoms with van der Waals surface area (Å²) in [7, 11) is 0. The molecule has 2 nitrogen and oxygen atoms in total. The second-order valence-electron chi connectivity index (χ2n) is 3.68. The van der Waals surface area contributed by atoms with Gasteiger partial charge in [-0.3, -0.25) is 0 Å². The maximum atomic E-state index is 12.8. The fourth-order valence-electron chi connectivity index (χ4n) is 1.32. The number of carbonyl (C=O) groups is 1. The Hall–Kier alpha value is -1.59. The van der Waals surface area contributed by atoms with E-state index in [9.17, 15) is 22.4 Å². The summed E-state index contributed by atoms with van der Waals surface area (Å²) in [4.78, 5) is 11.5. The molecule has 0 atom stereocenters. The molecule has 0 saturated carbocycles. The van der Waals surface area contributed by atoms with E-state index in [0.717, 1.165) is 18.6 Å². The topological polar surface area (TPSA) is 26.3 Å². The van der Waals surface area contributed by atoms with Gasteiger partial charge in [0.2, 0.25) is 0 Å². The number of carbonyl (C=O) groups excluding carboxylic acids is 1. The Morgan fingerprint density at radius 1 is 1.33 bits per heavy atom. The van der Waals surface area contributed by atoms with Crippen LogP contribution in [0.15, 0.2) is 18.2 Å². The minimum atomic E-state index is -4.79. The molecule has 0 spiro atoms. The van der Waals surface area contributed by atoms with Gasteiger partial charge < -0.3 is 4.74 Å². The van der Waals surface area contributed by atoms with E-state index < -0.39 is 29.1 Å². The predicted octanol–water partition coefficient (Wildman–Crippen LogP) is 3.80. The summed E-state index contributed by atoms with van der Waals surface area (Å²) in [5, 5.41) is 0. The van der Waals surface area contributed by atoms with Crippen molar-refractivity contribution in [3.8, 4) is 0 Å². The van der Waals surface area contributed by atoms with Crippen molar-refractivity contribution in [3.63, 3.8) is 0 Å². The molecule has 0 aliphatic carbocycles. The van der Waals surface area contributed by atoms with Crippen molar-refractivity contribution in [1.82, 2.24) is 0 Å². The van der Waals surface area contributed by atoms with Crippen molar-refractivity contribution in [2.75, 3.05) is 6.61 Å². The molecule has 0 fully saturated rings. The number of unbranched alkanes of at least 4 members (excludes halogenated alkanes) is 1. The van der Waals surface area contributed by atoms with Gasteiger partial charge in [0.05, 0.1) is 17.7 Å². The highest BCUT2D eigenvalue weighted by Gasteiger charge is 2.36. The SMILES string of the molecule is CCCCOC(=O)c1ccc(F)cc1C(F)(F)F. The molecule has 0 amide bonds. The van der Waals surface area contributed by atoms with Crippen LogP contribution in [0.3, 0.4) is 0 Å². The van der Waals surface area contributed by atoms with Crippen molar-refractivity contribution < 1.29 is 27.1 Å². The smallest absolute Gasteiger partial charge is 0.417 e. The van der Waals surface area contributed by atoms with E-state index in [-0.39, 0.29) is 12.7 Å². The molecule has 0 aromatic heterocycles. The molecule has 0 bridgehead atoms. The molecule has 0 radical (unpaired) electrons. The molecule has 0 unspecified atom stereocenters. The lowest BCUT2D eigenvalue weighted by Crippen LogP contribution is -2.16. The molecule has 100 valence electrons. The summed E-state index contributed by atoms with van der Waals surface area (Å²) in [6, 6.07) is 1.87. The first-order chi connectivity index (χ1) is 8.36. The van der Waals surface area contributed by atoms with Gasteiger partial charge >= 0.3 is 12.1 Å². The van der Waals surface area contributed by atoms with Crippen molar-refractivity contribution in [2.24, 2.45) is 0 Å². The van der Waals surface area contributed by atoms with E-state index in [1.807, 2.05) is 6.92 Å². The minimum Gasteiger partial charge on any atom is -0.462 e. The Kier molecular flexibility index (Phi) is 4.69. The number of benzene rings is 1. The first-order valence-corrected chi connectivity index (χ1v) is 5.40. The minimum absolute atomic E-state index is 0.0456. The molecular weight excluding hydrogens is 252 g/mol. The van der Waals surface area contributed by atoms with E-state index in [1.54, 1.807) is 0 Å². The molecule has 0 N–H and O–H groups in total. The van der Waals surface area contributed by atoms with Gasteiger partial charge in [0, 0.05) is 0 Å². The van der Waals surface area contributed by atoms with Gasteiger partial charge in [-0.2, -0.15) is 13.2 Å². The van der Waals surface area contributed by atoms with Crippen LogP contribution < -0.4 is 0 Å². The van der Waals surface area contributed by atoms with Crippen LogP contribution in [-0.4, -0.2) is 12.6 Å². The van der Waals surface area contributed by atoms with Crippen molar-refractivity contribution >= 4 is 5.97 Å². The molecule has 0 saturated heterocycles. The van der Waals surface area contributed by atoms with E-state index >= 15 is 0 Å². The Balaban J connectivity index is 2.97. The van der Waals surface area contributed by atoms with Crippen LogP contribution in [-0.2, 0) is 10.9 Å². The van der Waals surface area contributed by atoms with Gasteiger partial charge in [-0.1, -0.05) is 13.3 Å². The third-order valence-electron chi connectivity index (χ3n) is 2.24.